The molecule has 0 atom stereocenters. The minimum Gasteiger partial charge on any atom is -0.297 e. The number of hydrogen-bond donors (Lipinski definition) is 1. The van der Waals surface area contributed by atoms with Crippen molar-refractivity contribution in [1.29, 1.82) is 0 Å². The van der Waals surface area contributed by atoms with E-state index in [4.69, 9.17) is 11.6 Å². The number of aromatic nitrogens is 2. The van der Waals surface area contributed by atoms with Crippen LogP contribution in [-0.4, -0.2) is 14.5 Å². The largest absolute Gasteiger partial charge is 0.334 e. The van der Waals surface area contributed by atoms with Crippen LogP contribution in [0.4, 0.5) is 10.1 Å². The molecule has 1 N–H and O–H groups in total. The number of rotatable bonds is 2. The Morgan fingerprint density at radius 3 is 2.53 bits per heavy atom. The summed E-state index contributed by atoms with van der Waals surface area (Å²) in [5.74, 6) is -1.15. The van der Waals surface area contributed by atoms with Gasteiger partial charge in [0.1, 0.15) is 5.15 Å². The van der Waals surface area contributed by atoms with Gasteiger partial charge in [0.2, 0.25) is 5.82 Å². The number of benzene rings is 1. The maximum absolute atomic E-state index is 13.4. The van der Waals surface area contributed by atoms with Gasteiger partial charge in [0.15, 0.2) is 0 Å². The number of nitro groups is 1. The van der Waals surface area contributed by atoms with Crippen molar-refractivity contribution in [2.24, 2.45) is 0 Å². The summed E-state index contributed by atoms with van der Waals surface area (Å²) in [7, 11) is 0. The number of nitrogens with zero attached hydrogens (tertiary/aromatic N) is 2. The van der Waals surface area contributed by atoms with Gasteiger partial charge in [-0.15, -0.1) is 0 Å². The van der Waals surface area contributed by atoms with Gasteiger partial charge < -0.3 is 0 Å². The van der Waals surface area contributed by atoms with Crippen molar-refractivity contribution in [2.45, 2.75) is 0 Å². The standard InChI is InChI=1S/C10H5ClFN3O4/c11-8-4-9(16)14(10(17)13-8)5-1-2-7(15(18)19)6(12)3-5/h1-4H,(H,13,17). The molecule has 0 aliphatic carbocycles. The van der Waals surface area contributed by atoms with E-state index in [9.17, 15) is 24.1 Å². The lowest BCUT2D eigenvalue weighted by Gasteiger charge is -2.04. The van der Waals surface area contributed by atoms with E-state index in [0.29, 0.717) is 4.57 Å². The van der Waals surface area contributed by atoms with E-state index < -0.39 is 27.7 Å². The van der Waals surface area contributed by atoms with Gasteiger partial charge in [-0.3, -0.25) is 19.9 Å². The molecular weight excluding hydrogens is 281 g/mol. The number of H-pyrrole nitrogens is 1. The first-order valence-electron chi connectivity index (χ1n) is 4.86. The minimum atomic E-state index is -1.15. The highest BCUT2D eigenvalue weighted by Crippen LogP contribution is 2.18. The highest BCUT2D eigenvalue weighted by Gasteiger charge is 2.16. The van der Waals surface area contributed by atoms with E-state index in [1.54, 1.807) is 0 Å². The van der Waals surface area contributed by atoms with Crippen molar-refractivity contribution < 1.29 is 9.31 Å². The lowest BCUT2D eigenvalue weighted by Crippen LogP contribution is -2.33. The minimum absolute atomic E-state index is 0.133. The topological polar surface area (TPSA) is 98.0 Å². The Kier molecular flexibility index (Phi) is 3.17. The molecule has 7 nitrogen and oxygen atoms in total. The lowest BCUT2D eigenvalue weighted by molar-refractivity contribution is -0.387. The van der Waals surface area contributed by atoms with E-state index in [2.05, 4.69) is 4.98 Å². The fourth-order valence-electron chi connectivity index (χ4n) is 1.49. The average molecular weight is 286 g/mol. The Bertz CT molecular complexity index is 752. The molecule has 2 aromatic rings. The quantitative estimate of drug-likeness (QED) is 0.509. The molecular formula is C10H5ClFN3O4. The predicted octanol–water partition coefficient (Wildman–Crippen LogP) is 1.23. The van der Waals surface area contributed by atoms with Crippen LogP contribution in [0.5, 0.6) is 0 Å². The van der Waals surface area contributed by atoms with Gasteiger partial charge in [-0.25, -0.2) is 9.36 Å². The summed E-state index contributed by atoms with van der Waals surface area (Å²) in [4.78, 5) is 34.9. The summed E-state index contributed by atoms with van der Waals surface area (Å²) in [6.07, 6.45) is 0. The van der Waals surface area contributed by atoms with Gasteiger partial charge in [-0.2, -0.15) is 4.39 Å². The second kappa shape index (κ2) is 4.65. The van der Waals surface area contributed by atoms with E-state index in [1.165, 1.54) is 0 Å². The molecule has 19 heavy (non-hydrogen) atoms. The van der Waals surface area contributed by atoms with Crippen LogP contribution in [-0.2, 0) is 0 Å². The van der Waals surface area contributed by atoms with Crippen LogP contribution in [0.1, 0.15) is 0 Å². The van der Waals surface area contributed by atoms with Crippen LogP contribution in [0.25, 0.3) is 5.69 Å². The summed E-state index contributed by atoms with van der Waals surface area (Å²) >= 11 is 5.48. The van der Waals surface area contributed by atoms with E-state index >= 15 is 0 Å². The van der Waals surface area contributed by atoms with Crippen LogP contribution >= 0.6 is 11.6 Å². The molecule has 0 bridgehead atoms. The first kappa shape index (κ1) is 13.0. The third-order valence-corrected chi connectivity index (χ3v) is 2.49. The first-order chi connectivity index (χ1) is 8.90. The first-order valence-corrected chi connectivity index (χ1v) is 5.24. The van der Waals surface area contributed by atoms with Gasteiger partial charge in [0, 0.05) is 18.2 Å². The number of nitrogens with one attached hydrogen (secondary N) is 1. The predicted molar refractivity (Wildman–Crippen MR) is 64.3 cm³/mol. The molecule has 9 heteroatoms. The fourth-order valence-corrected chi connectivity index (χ4v) is 1.67. The van der Waals surface area contributed by atoms with Gasteiger partial charge in [0.05, 0.1) is 10.6 Å². The van der Waals surface area contributed by atoms with Crippen LogP contribution in [0.15, 0.2) is 33.9 Å². The van der Waals surface area contributed by atoms with Crippen molar-refractivity contribution in [1.82, 2.24) is 9.55 Å². The molecule has 0 unspecified atom stereocenters. The molecule has 1 heterocycles. The Labute approximate surface area is 109 Å². The Balaban J connectivity index is 2.68. The summed E-state index contributed by atoms with van der Waals surface area (Å²) < 4.78 is 14.0. The highest BCUT2D eigenvalue weighted by atomic mass is 35.5. The lowest BCUT2D eigenvalue weighted by atomic mass is 10.2. The molecule has 0 aliphatic rings. The zero-order valence-corrected chi connectivity index (χ0v) is 9.85. The van der Waals surface area contributed by atoms with E-state index in [0.717, 1.165) is 24.3 Å². The molecule has 0 amide bonds. The summed E-state index contributed by atoms with van der Waals surface area (Å²) in [5, 5.41) is 10.3. The molecule has 0 fully saturated rings. The van der Waals surface area contributed by atoms with Crippen LogP contribution in [0.2, 0.25) is 5.15 Å². The zero-order chi connectivity index (χ0) is 14.2. The molecule has 1 aromatic carbocycles. The fraction of sp³-hybridized carbons (Fsp3) is 0. The van der Waals surface area contributed by atoms with Gasteiger partial charge in [0.25, 0.3) is 5.56 Å². The zero-order valence-electron chi connectivity index (χ0n) is 9.09. The SMILES string of the molecule is O=c1cc(Cl)[nH]c(=O)n1-c1ccc([N+](=O)[O-])c(F)c1. The third kappa shape index (κ3) is 2.38. The van der Waals surface area contributed by atoms with Crippen molar-refractivity contribution in [3.63, 3.8) is 0 Å². The highest BCUT2D eigenvalue weighted by molar-refractivity contribution is 6.29. The Morgan fingerprint density at radius 2 is 2.00 bits per heavy atom. The normalized spacial score (nSPS) is 10.4. The molecule has 0 saturated heterocycles. The maximum atomic E-state index is 13.4. The van der Waals surface area contributed by atoms with Crippen molar-refractivity contribution in [2.75, 3.05) is 0 Å². The Morgan fingerprint density at radius 1 is 1.32 bits per heavy atom. The van der Waals surface area contributed by atoms with Crippen molar-refractivity contribution in [3.8, 4) is 5.69 Å². The van der Waals surface area contributed by atoms with Crippen molar-refractivity contribution in [3.05, 3.63) is 66.2 Å². The number of aromatic amines is 1. The number of halogens is 2. The monoisotopic (exact) mass is 285 g/mol. The molecule has 2 rings (SSSR count). The second-order valence-corrected chi connectivity index (χ2v) is 3.90. The molecule has 1 aromatic heterocycles. The van der Waals surface area contributed by atoms with Crippen LogP contribution < -0.4 is 11.2 Å². The smallest absolute Gasteiger partial charge is 0.297 e. The van der Waals surface area contributed by atoms with E-state index in [-0.39, 0.29) is 10.8 Å². The third-order valence-electron chi connectivity index (χ3n) is 2.29. The number of hydrogen-bond acceptors (Lipinski definition) is 4. The molecule has 0 radical (unpaired) electrons. The van der Waals surface area contributed by atoms with Crippen LogP contribution in [0.3, 0.4) is 0 Å². The Hall–Kier alpha value is -2.48. The van der Waals surface area contributed by atoms with E-state index in [1.807, 2.05) is 0 Å². The second-order valence-electron chi connectivity index (χ2n) is 3.49. The summed E-state index contributed by atoms with van der Waals surface area (Å²) in [6, 6.07) is 3.61. The average Bonchev–Trinajstić information content (AvgIpc) is 2.26. The van der Waals surface area contributed by atoms with Gasteiger partial charge in [-0.1, -0.05) is 11.6 Å². The summed E-state index contributed by atoms with van der Waals surface area (Å²) in [5.41, 5.74) is -2.53. The molecule has 0 saturated carbocycles. The summed E-state index contributed by atoms with van der Waals surface area (Å²) in [6.45, 7) is 0. The van der Waals surface area contributed by atoms with Gasteiger partial charge in [-0.05, 0) is 6.07 Å². The van der Waals surface area contributed by atoms with Crippen molar-refractivity contribution >= 4 is 17.3 Å². The van der Waals surface area contributed by atoms with Gasteiger partial charge >= 0.3 is 11.4 Å². The molecule has 0 aliphatic heterocycles. The maximum Gasteiger partial charge on any atom is 0.334 e. The van der Waals surface area contributed by atoms with Crippen LogP contribution in [0, 0.1) is 15.9 Å². The molecule has 98 valence electrons. The molecule has 0 spiro atoms. The number of nitro benzene ring substituents is 1.